The number of halogens is 1. The Bertz CT molecular complexity index is 599. The summed E-state index contributed by atoms with van der Waals surface area (Å²) >= 11 is 3.49. The minimum absolute atomic E-state index is 0.0173. The van der Waals surface area contributed by atoms with Crippen molar-refractivity contribution in [3.8, 4) is 0 Å². The molecular weight excluding hydrogens is 316 g/mol. The van der Waals surface area contributed by atoms with Crippen molar-refractivity contribution in [2.24, 2.45) is 0 Å². The van der Waals surface area contributed by atoms with Crippen LogP contribution in [-0.4, -0.2) is 19.5 Å². The summed E-state index contributed by atoms with van der Waals surface area (Å²) in [6, 6.07) is 15.6. The lowest BCUT2D eigenvalue weighted by molar-refractivity contribution is -0.116. The van der Waals surface area contributed by atoms with E-state index in [2.05, 4.69) is 21.2 Å². The second kappa shape index (κ2) is 6.57. The molecule has 20 heavy (non-hydrogen) atoms. The van der Waals surface area contributed by atoms with Gasteiger partial charge in [-0.3, -0.25) is 4.79 Å². The van der Waals surface area contributed by atoms with Gasteiger partial charge in [0.25, 0.3) is 0 Å². The molecule has 0 aliphatic rings. The van der Waals surface area contributed by atoms with Crippen LogP contribution in [0.3, 0.4) is 0 Å². The number of aryl methyl sites for hydroxylation is 1. The number of benzene rings is 2. The molecule has 0 spiro atoms. The summed E-state index contributed by atoms with van der Waals surface area (Å²) in [7, 11) is 1.78. The largest absolute Gasteiger partial charge is 0.375 e. The molecule has 2 aromatic carbocycles. The van der Waals surface area contributed by atoms with Gasteiger partial charge in [0, 0.05) is 22.9 Å². The summed E-state index contributed by atoms with van der Waals surface area (Å²) in [5.41, 5.74) is 2.99. The Balaban J connectivity index is 1.98. The number of amides is 1. The smallest absolute Gasteiger partial charge is 0.246 e. The van der Waals surface area contributed by atoms with Gasteiger partial charge in [-0.25, -0.2) is 0 Å². The minimum Gasteiger partial charge on any atom is -0.375 e. The van der Waals surface area contributed by atoms with Crippen molar-refractivity contribution in [1.29, 1.82) is 0 Å². The first-order valence-electron chi connectivity index (χ1n) is 6.39. The van der Waals surface area contributed by atoms with Crippen LogP contribution in [0.5, 0.6) is 0 Å². The maximum atomic E-state index is 12.1. The molecule has 1 amide bonds. The quantitative estimate of drug-likeness (QED) is 0.922. The molecule has 0 unspecified atom stereocenters. The van der Waals surface area contributed by atoms with Crippen molar-refractivity contribution in [3.63, 3.8) is 0 Å². The first-order valence-corrected chi connectivity index (χ1v) is 7.19. The molecule has 0 atom stereocenters. The van der Waals surface area contributed by atoms with Gasteiger partial charge < -0.3 is 10.2 Å². The number of hydrogen-bond acceptors (Lipinski definition) is 2. The third-order valence-corrected chi connectivity index (χ3v) is 3.73. The number of likely N-dealkylation sites (N-methyl/N-ethyl adjacent to an activating group) is 1. The number of rotatable bonds is 4. The number of anilines is 2. The highest BCUT2D eigenvalue weighted by molar-refractivity contribution is 9.10. The van der Waals surface area contributed by atoms with Gasteiger partial charge >= 0.3 is 0 Å². The molecule has 0 aliphatic carbocycles. The maximum absolute atomic E-state index is 12.1. The van der Waals surface area contributed by atoms with E-state index in [1.807, 2.05) is 55.5 Å². The lowest BCUT2D eigenvalue weighted by atomic mass is 10.2. The van der Waals surface area contributed by atoms with Crippen molar-refractivity contribution in [3.05, 3.63) is 58.6 Å². The minimum atomic E-state index is 0.0173. The Hall–Kier alpha value is -1.81. The van der Waals surface area contributed by atoms with E-state index in [0.717, 1.165) is 15.8 Å². The average Bonchev–Trinajstić information content (AvgIpc) is 2.46. The molecule has 0 heterocycles. The molecule has 4 heteroatoms. The van der Waals surface area contributed by atoms with E-state index in [-0.39, 0.29) is 12.5 Å². The number of hydrogen-bond donors (Lipinski definition) is 1. The van der Waals surface area contributed by atoms with Crippen LogP contribution in [0.2, 0.25) is 0 Å². The van der Waals surface area contributed by atoms with Crippen molar-refractivity contribution in [2.45, 2.75) is 6.92 Å². The molecule has 3 nitrogen and oxygen atoms in total. The monoisotopic (exact) mass is 332 g/mol. The fourth-order valence-corrected chi connectivity index (χ4v) is 2.48. The van der Waals surface area contributed by atoms with Crippen LogP contribution in [0.4, 0.5) is 11.4 Å². The van der Waals surface area contributed by atoms with Crippen molar-refractivity contribution >= 4 is 33.2 Å². The van der Waals surface area contributed by atoms with Gasteiger partial charge in [0.2, 0.25) is 5.91 Å². The lowest BCUT2D eigenvalue weighted by Crippen LogP contribution is -2.32. The third kappa shape index (κ3) is 3.61. The van der Waals surface area contributed by atoms with Crippen molar-refractivity contribution in [1.82, 2.24) is 0 Å². The fourth-order valence-electron chi connectivity index (χ4n) is 1.85. The zero-order valence-corrected chi connectivity index (χ0v) is 13.1. The SMILES string of the molecule is Cc1ccc(NCC(=O)N(C)c2ccccc2)c(Br)c1. The Kier molecular flexibility index (Phi) is 4.79. The number of carbonyl (C=O) groups excluding carboxylic acids is 1. The summed E-state index contributed by atoms with van der Waals surface area (Å²) in [4.78, 5) is 13.8. The summed E-state index contributed by atoms with van der Waals surface area (Å²) in [6.07, 6.45) is 0. The van der Waals surface area contributed by atoms with Crippen LogP contribution >= 0.6 is 15.9 Å². The van der Waals surface area contributed by atoms with E-state index in [0.29, 0.717) is 0 Å². The van der Waals surface area contributed by atoms with Crippen LogP contribution in [0.25, 0.3) is 0 Å². The van der Waals surface area contributed by atoms with E-state index in [9.17, 15) is 4.79 Å². The normalized spacial score (nSPS) is 10.2. The second-order valence-electron chi connectivity index (χ2n) is 4.63. The molecule has 0 saturated heterocycles. The highest BCUT2D eigenvalue weighted by atomic mass is 79.9. The highest BCUT2D eigenvalue weighted by Gasteiger charge is 2.10. The van der Waals surface area contributed by atoms with E-state index in [4.69, 9.17) is 0 Å². The molecule has 104 valence electrons. The predicted octanol–water partition coefficient (Wildman–Crippen LogP) is 3.83. The summed E-state index contributed by atoms with van der Waals surface area (Å²) in [5.74, 6) is 0.0173. The number of carbonyl (C=O) groups is 1. The van der Waals surface area contributed by atoms with Crippen LogP contribution in [0.15, 0.2) is 53.0 Å². The molecule has 0 fully saturated rings. The standard InChI is InChI=1S/C16H17BrN2O/c1-12-8-9-15(14(17)10-12)18-11-16(20)19(2)13-6-4-3-5-7-13/h3-10,18H,11H2,1-2H3. The predicted molar refractivity (Wildman–Crippen MR) is 87.2 cm³/mol. The Morgan fingerprint density at radius 3 is 2.55 bits per heavy atom. The first-order chi connectivity index (χ1) is 9.58. The number of para-hydroxylation sites is 1. The van der Waals surface area contributed by atoms with E-state index >= 15 is 0 Å². The van der Waals surface area contributed by atoms with Gasteiger partial charge in [-0.05, 0) is 52.7 Å². The highest BCUT2D eigenvalue weighted by Crippen LogP contribution is 2.23. The van der Waals surface area contributed by atoms with Crippen molar-refractivity contribution < 1.29 is 4.79 Å². The van der Waals surface area contributed by atoms with Gasteiger partial charge in [-0.2, -0.15) is 0 Å². The maximum Gasteiger partial charge on any atom is 0.246 e. The van der Waals surface area contributed by atoms with E-state index in [1.54, 1.807) is 11.9 Å². The molecule has 0 aromatic heterocycles. The Morgan fingerprint density at radius 1 is 1.20 bits per heavy atom. The molecule has 2 rings (SSSR count). The summed E-state index contributed by atoms with van der Waals surface area (Å²) in [5, 5.41) is 3.15. The summed E-state index contributed by atoms with van der Waals surface area (Å²) < 4.78 is 0.965. The van der Waals surface area contributed by atoms with Crippen LogP contribution in [0.1, 0.15) is 5.56 Å². The number of nitrogens with one attached hydrogen (secondary N) is 1. The van der Waals surface area contributed by atoms with Crippen LogP contribution in [-0.2, 0) is 4.79 Å². The first kappa shape index (κ1) is 14.6. The molecule has 0 aliphatic heterocycles. The van der Waals surface area contributed by atoms with Crippen LogP contribution < -0.4 is 10.2 Å². The molecule has 0 radical (unpaired) electrons. The molecule has 2 aromatic rings. The van der Waals surface area contributed by atoms with Gasteiger partial charge in [-0.1, -0.05) is 24.3 Å². The van der Waals surface area contributed by atoms with Gasteiger partial charge in [0.1, 0.15) is 0 Å². The topological polar surface area (TPSA) is 32.3 Å². The van der Waals surface area contributed by atoms with E-state index in [1.165, 1.54) is 5.56 Å². The average molecular weight is 333 g/mol. The molecular formula is C16H17BrN2O. The van der Waals surface area contributed by atoms with Crippen molar-refractivity contribution in [2.75, 3.05) is 23.8 Å². The van der Waals surface area contributed by atoms with Gasteiger partial charge in [0.15, 0.2) is 0 Å². The van der Waals surface area contributed by atoms with E-state index < -0.39 is 0 Å². The van der Waals surface area contributed by atoms with Crippen LogP contribution in [0, 0.1) is 6.92 Å². The summed E-state index contributed by atoms with van der Waals surface area (Å²) in [6.45, 7) is 2.29. The Morgan fingerprint density at radius 2 is 1.90 bits per heavy atom. The lowest BCUT2D eigenvalue weighted by Gasteiger charge is -2.18. The van der Waals surface area contributed by atoms with Gasteiger partial charge in [-0.15, -0.1) is 0 Å². The van der Waals surface area contributed by atoms with Gasteiger partial charge in [0.05, 0.1) is 6.54 Å². The molecule has 0 saturated carbocycles. The number of nitrogens with zero attached hydrogens (tertiary/aromatic N) is 1. The molecule has 0 bridgehead atoms. The zero-order valence-electron chi connectivity index (χ0n) is 11.6. The third-order valence-electron chi connectivity index (χ3n) is 3.07. The fraction of sp³-hybridized carbons (Fsp3) is 0.188. The molecule has 1 N–H and O–H groups in total. The Labute approximate surface area is 127 Å². The zero-order chi connectivity index (χ0) is 14.5. The second-order valence-corrected chi connectivity index (χ2v) is 5.48.